The number of aromatic hydroxyl groups is 1. The summed E-state index contributed by atoms with van der Waals surface area (Å²) in [5, 5.41) is 9.88. The van der Waals surface area contributed by atoms with E-state index in [1.165, 1.54) is 11.8 Å². The van der Waals surface area contributed by atoms with Crippen LogP contribution in [0.5, 0.6) is 5.75 Å². The second-order valence-corrected chi connectivity index (χ2v) is 6.37. The summed E-state index contributed by atoms with van der Waals surface area (Å²) in [7, 11) is -0.420. The highest BCUT2D eigenvalue weighted by Gasteiger charge is 2.51. The second-order valence-electron chi connectivity index (χ2n) is 5.52. The maximum absolute atomic E-state index is 9.88. The number of benzene rings is 1. The van der Waals surface area contributed by atoms with Crippen molar-refractivity contribution < 1.29 is 14.4 Å². The molecule has 1 saturated heterocycles. The van der Waals surface area contributed by atoms with E-state index in [1.807, 2.05) is 46.1 Å². The molecule has 1 fully saturated rings. The third kappa shape index (κ3) is 2.27. The Kier molecular flexibility index (Phi) is 3.43. The van der Waals surface area contributed by atoms with E-state index >= 15 is 0 Å². The van der Waals surface area contributed by atoms with E-state index in [0.29, 0.717) is 0 Å². The van der Waals surface area contributed by atoms with Crippen molar-refractivity contribution in [2.75, 3.05) is 6.26 Å². The van der Waals surface area contributed by atoms with Crippen molar-refractivity contribution in [3.63, 3.8) is 0 Å². The molecule has 1 heterocycles. The van der Waals surface area contributed by atoms with Crippen LogP contribution >= 0.6 is 11.8 Å². The van der Waals surface area contributed by atoms with Crippen LogP contribution in [-0.2, 0) is 9.31 Å². The lowest BCUT2D eigenvalue weighted by Gasteiger charge is -2.32. The highest BCUT2D eigenvalue weighted by molar-refractivity contribution is 7.98. The fourth-order valence-electron chi connectivity index (χ4n) is 1.83. The van der Waals surface area contributed by atoms with Gasteiger partial charge in [0, 0.05) is 4.90 Å². The van der Waals surface area contributed by atoms with E-state index in [-0.39, 0.29) is 17.0 Å². The van der Waals surface area contributed by atoms with Gasteiger partial charge in [0.05, 0.1) is 11.2 Å². The van der Waals surface area contributed by atoms with Gasteiger partial charge in [-0.1, -0.05) is 6.07 Å². The number of hydrogen-bond acceptors (Lipinski definition) is 4. The predicted molar refractivity (Wildman–Crippen MR) is 75.6 cm³/mol. The van der Waals surface area contributed by atoms with Gasteiger partial charge in [-0.2, -0.15) is 0 Å². The molecule has 0 aliphatic carbocycles. The van der Waals surface area contributed by atoms with E-state index in [9.17, 15) is 5.11 Å². The number of rotatable bonds is 2. The van der Waals surface area contributed by atoms with Gasteiger partial charge >= 0.3 is 7.12 Å². The first-order chi connectivity index (χ1) is 8.27. The number of hydrogen-bond donors (Lipinski definition) is 1. The molecular formula is C13H19BO3S. The Bertz CT molecular complexity index is 444. The monoisotopic (exact) mass is 266 g/mol. The van der Waals surface area contributed by atoms with Crippen molar-refractivity contribution >= 4 is 24.3 Å². The molecule has 1 N–H and O–H groups in total. The summed E-state index contributed by atoms with van der Waals surface area (Å²) in [5.74, 6) is 0.273. The molecule has 0 aromatic heterocycles. The Labute approximate surface area is 113 Å². The molecule has 98 valence electrons. The van der Waals surface area contributed by atoms with Crippen molar-refractivity contribution in [1.29, 1.82) is 0 Å². The topological polar surface area (TPSA) is 38.7 Å². The van der Waals surface area contributed by atoms with Crippen LogP contribution in [0.15, 0.2) is 23.1 Å². The average Bonchev–Trinajstić information content (AvgIpc) is 2.48. The highest BCUT2D eigenvalue weighted by Crippen LogP contribution is 2.37. The number of thioether (sulfide) groups is 1. The van der Waals surface area contributed by atoms with E-state index in [0.717, 1.165) is 10.4 Å². The van der Waals surface area contributed by atoms with E-state index in [4.69, 9.17) is 9.31 Å². The van der Waals surface area contributed by atoms with Gasteiger partial charge in [-0.15, -0.1) is 11.8 Å². The van der Waals surface area contributed by atoms with Crippen molar-refractivity contribution in [2.24, 2.45) is 0 Å². The molecule has 0 amide bonds. The van der Waals surface area contributed by atoms with Crippen molar-refractivity contribution in [3.8, 4) is 5.75 Å². The summed E-state index contributed by atoms with van der Waals surface area (Å²) in [6.07, 6.45) is 1.93. The van der Waals surface area contributed by atoms with Crippen LogP contribution < -0.4 is 5.46 Å². The fourth-order valence-corrected chi connectivity index (χ4v) is 2.30. The molecule has 3 nitrogen and oxygen atoms in total. The Morgan fingerprint density at radius 3 is 2.11 bits per heavy atom. The summed E-state index contributed by atoms with van der Waals surface area (Å²) >= 11 is 1.51. The molecule has 5 heteroatoms. The summed E-state index contributed by atoms with van der Waals surface area (Å²) < 4.78 is 11.9. The van der Waals surface area contributed by atoms with Crippen LogP contribution in [0.25, 0.3) is 0 Å². The maximum Gasteiger partial charge on any atom is 0.494 e. The smallest absolute Gasteiger partial charge is 0.494 e. The first-order valence-electron chi connectivity index (χ1n) is 5.99. The van der Waals surface area contributed by atoms with Gasteiger partial charge in [0.25, 0.3) is 0 Å². The Morgan fingerprint density at radius 1 is 1.11 bits per heavy atom. The number of phenols is 1. The molecule has 1 aromatic carbocycles. The standard InChI is InChI=1S/C13H19BO3S/c1-12(2)13(3,4)17-14(16-12)9-6-7-11(18-5)10(15)8-9/h6-8,15H,1-5H3. The molecule has 0 spiro atoms. The summed E-state index contributed by atoms with van der Waals surface area (Å²) in [6.45, 7) is 8.07. The van der Waals surface area contributed by atoms with E-state index < -0.39 is 7.12 Å². The van der Waals surface area contributed by atoms with Gasteiger partial charge in [-0.05, 0) is 51.5 Å². The third-order valence-corrected chi connectivity index (χ3v) is 4.51. The highest BCUT2D eigenvalue weighted by atomic mass is 32.2. The lowest BCUT2D eigenvalue weighted by Crippen LogP contribution is -2.41. The normalized spacial score (nSPS) is 21.3. The molecule has 1 aromatic rings. The Morgan fingerprint density at radius 2 is 1.67 bits per heavy atom. The summed E-state index contributed by atoms with van der Waals surface area (Å²) in [6, 6.07) is 5.54. The first kappa shape index (κ1) is 13.8. The van der Waals surface area contributed by atoms with Crippen molar-refractivity contribution in [1.82, 2.24) is 0 Å². The van der Waals surface area contributed by atoms with Gasteiger partial charge in [0.2, 0.25) is 0 Å². The van der Waals surface area contributed by atoms with Crippen LogP contribution in [0, 0.1) is 0 Å². The zero-order valence-corrected chi connectivity index (χ0v) is 12.3. The largest absolute Gasteiger partial charge is 0.507 e. The van der Waals surface area contributed by atoms with Crippen LogP contribution in [-0.4, -0.2) is 29.7 Å². The fraction of sp³-hybridized carbons (Fsp3) is 0.538. The average molecular weight is 266 g/mol. The molecule has 2 rings (SSSR count). The van der Waals surface area contributed by atoms with Crippen LogP contribution in [0.4, 0.5) is 0 Å². The Hall–Kier alpha value is -0.645. The van der Waals surface area contributed by atoms with Crippen molar-refractivity contribution in [2.45, 2.75) is 43.8 Å². The molecule has 0 atom stereocenters. The van der Waals surface area contributed by atoms with Crippen LogP contribution in [0.2, 0.25) is 0 Å². The van der Waals surface area contributed by atoms with Gasteiger partial charge in [0.1, 0.15) is 5.75 Å². The first-order valence-corrected chi connectivity index (χ1v) is 7.22. The van der Waals surface area contributed by atoms with Gasteiger partial charge in [-0.3, -0.25) is 0 Å². The quantitative estimate of drug-likeness (QED) is 0.659. The van der Waals surface area contributed by atoms with Crippen molar-refractivity contribution in [3.05, 3.63) is 18.2 Å². The van der Waals surface area contributed by atoms with Gasteiger partial charge < -0.3 is 14.4 Å². The molecule has 0 bridgehead atoms. The minimum absolute atomic E-state index is 0.273. The minimum atomic E-state index is -0.420. The zero-order chi connectivity index (χ0) is 13.6. The minimum Gasteiger partial charge on any atom is -0.507 e. The van der Waals surface area contributed by atoms with E-state index in [1.54, 1.807) is 6.07 Å². The molecule has 0 radical (unpaired) electrons. The third-order valence-electron chi connectivity index (χ3n) is 3.73. The SMILES string of the molecule is CSc1ccc(B2OC(C)(C)C(C)(C)O2)cc1O. The van der Waals surface area contributed by atoms with Crippen LogP contribution in [0.3, 0.4) is 0 Å². The second kappa shape index (κ2) is 4.47. The summed E-state index contributed by atoms with van der Waals surface area (Å²) in [4.78, 5) is 0.857. The Balaban J connectivity index is 2.27. The maximum atomic E-state index is 9.88. The molecule has 1 aliphatic rings. The lowest BCUT2D eigenvalue weighted by molar-refractivity contribution is 0.00578. The summed E-state index contributed by atoms with van der Waals surface area (Å²) in [5.41, 5.74) is 0.139. The van der Waals surface area contributed by atoms with E-state index in [2.05, 4.69) is 0 Å². The molecule has 18 heavy (non-hydrogen) atoms. The number of phenolic OH excluding ortho intramolecular Hbond substituents is 1. The van der Waals surface area contributed by atoms with Gasteiger partial charge in [-0.25, -0.2) is 0 Å². The molecule has 0 saturated carbocycles. The van der Waals surface area contributed by atoms with Crippen LogP contribution in [0.1, 0.15) is 27.7 Å². The van der Waals surface area contributed by atoms with Gasteiger partial charge in [0.15, 0.2) is 0 Å². The molecular weight excluding hydrogens is 247 g/mol. The molecule has 1 aliphatic heterocycles. The lowest BCUT2D eigenvalue weighted by atomic mass is 9.79. The zero-order valence-electron chi connectivity index (χ0n) is 11.5. The molecule has 0 unspecified atom stereocenters. The predicted octanol–water partition coefficient (Wildman–Crippen LogP) is 2.41.